The van der Waals surface area contributed by atoms with Crippen LogP contribution in [0.1, 0.15) is 5.82 Å². The highest BCUT2D eigenvalue weighted by molar-refractivity contribution is 7.80. The lowest BCUT2D eigenvalue weighted by molar-refractivity contribution is 0.415. The normalized spacial score (nSPS) is 9.83. The van der Waals surface area contributed by atoms with Gasteiger partial charge in [0.15, 0.2) is 0 Å². The first-order valence-electron chi connectivity index (χ1n) is 5.48. The summed E-state index contributed by atoms with van der Waals surface area (Å²) in [6, 6.07) is 9.37. The second-order valence-corrected chi connectivity index (χ2v) is 4.11. The zero-order valence-corrected chi connectivity index (χ0v) is 10.8. The van der Waals surface area contributed by atoms with E-state index in [0.29, 0.717) is 17.2 Å². The van der Waals surface area contributed by atoms with Crippen LogP contribution < -0.4 is 10.1 Å². The molecule has 0 saturated carbocycles. The molecular weight excluding hydrogens is 246 g/mol. The molecular formula is C13H13N3OS. The number of anilines is 1. The topological polar surface area (TPSA) is 47.0 Å². The van der Waals surface area contributed by atoms with Gasteiger partial charge in [-0.1, -0.05) is 12.2 Å². The van der Waals surface area contributed by atoms with Crippen LogP contribution in [0.15, 0.2) is 42.7 Å². The molecule has 0 unspecified atom stereocenters. The first-order chi connectivity index (χ1) is 8.78. The average Bonchev–Trinajstić information content (AvgIpc) is 2.40. The Kier molecular flexibility index (Phi) is 4.20. The molecule has 1 heterocycles. The van der Waals surface area contributed by atoms with Gasteiger partial charge in [-0.05, 0) is 30.3 Å². The first-order valence-corrected chi connectivity index (χ1v) is 5.88. The zero-order valence-electron chi connectivity index (χ0n) is 9.96. The highest BCUT2D eigenvalue weighted by Gasteiger charge is 2.02. The second kappa shape index (κ2) is 6.07. The Bertz CT molecular complexity index is 514. The number of methoxy groups -OCH3 is 1. The molecule has 0 aliphatic heterocycles. The maximum absolute atomic E-state index is 5.26. The molecule has 0 atom stereocenters. The lowest BCUT2D eigenvalue weighted by Crippen LogP contribution is -2.13. The number of thiocarbonyl (C=S) groups is 1. The number of aromatic nitrogens is 2. The van der Waals surface area contributed by atoms with Crippen LogP contribution in [0.25, 0.3) is 0 Å². The molecule has 1 aromatic heterocycles. The van der Waals surface area contributed by atoms with Gasteiger partial charge in [-0.3, -0.25) is 0 Å². The zero-order chi connectivity index (χ0) is 12.8. The van der Waals surface area contributed by atoms with E-state index in [4.69, 9.17) is 17.0 Å². The summed E-state index contributed by atoms with van der Waals surface area (Å²) in [5.74, 6) is 1.53. The largest absolute Gasteiger partial charge is 0.497 e. The van der Waals surface area contributed by atoms with Crippen molar-refractivity contribution >= 4 is 22.9 Å². The highest BCUT2D eigenvalue weighted by Crippen LogP contribution is 2.15. The van der Waals surface area contributed by atoms with E-state index in [1.807, 2.05) is 24.3 Å². The molecule has 18 heavy (non-hydrogen) atoms. The minimum Gasteiger partial charge on any atom is -0.497 e. The molecule has 5 heteroatoms. The third-order valence-corrected chi connectivity index (χ3v) is 2.56. The van der Waals surface area contributed by atoms with Gasteiger partial charge in [-0.2, -0.15) is 0 Å². The van der Waals surface area contributed by atoms with Crippen molar-refractivity contribution in [1.82, 2.24) is 9.97 Å². The van der Waals surface area contributed by atoms with Crippen molar-refractivity contribution in [2.45, 2.75) is 6.42 Å². The quantitative estimate of drug-likeness (QED) is 0.855. The van der Waals surface area contributed by atoms with Crippen LogP contribution in [0.5, 0.6) is 5.75 Å². The van der Waals surface area contributed by atoms with E-state index >= 15 is 0 Å². The summed E-state index contributed by atoms with van der Waals surface area (Å²) in [6.45, 7) is 0. The maximum Gasteiger partial charge on any atom is 0.134 e. The molecule has 0 saturated heterocycles. The lowest BCUT2D eigenvalue weighted by atomic mass is 10.3. The monoisotopic (exact) mass is 259 g/mol. The number of hydrogen-bond donors (Lipinski definition) is 1. The Hall–Kier alpha value is -2.01. The van der Waals surface area contributed by atoms with E-state index in [2.05, 4.69) is 15.3 Å². The summed E-state index contributed by atoms with van der Waals surface area (Å²) in [5, 5.41) is 3.14. The van der Waals surface area contributed by atoms with Gasteiger partial charge in [-0.25, -0.2) is 9.97 Å². The van der Waals surface area contributed by atoms with E-state index in [0.717, 1.165) is 11.4 Å². The highest BCUT2D eigenvalue weighted by atomic mass is 32.1. The number of nitrogens with one attached hydrogen (secondary N) is 1. The molecule has 0 amide bonds. The Balaban J connectivity index is 1.94. The summed E-state index contributed by atoms with van der Waals surface area (Å²) >= 11 is 5.26. The van der Waals surface area contributed by atoms with Gasteiger partial charge < -0.3 is 10.1 Å². The van der Waals surface area contributed by atoms with E-state index < -0.39 is 0 Å². The van der Waals surface area contributed by atoms with E-state index in [9.17, 15) is 0 Å². The fourth-order valence-electron chi connectivity index (χ4n) is 1.44. The Morgan fingerprint density at radius 3 is 2.50 bits per heavy atom. The fraction of sp³-hybridized carbons (Fsp3) is 0.154. The molecule has 0 radical (unpaired) electrons. The van der Waals surface area contributed by atoms with Gasteiger partial charge in [-0.15, -0.1) is 0 Å². The van der Waals surface area contributed by atoms with Crippen molar-refractivity contribution in [1.29, 1.82) is 0 Å². The minimum absolute atomic E-state index is 0.530. The average molecular weight is 259 g/mol. The van der Waals surface area contributed by atoms with Gasteiger partial charge in [0.2, 0.25) is 0 Å². The van der Waals surface area contributed by atoms with Crippen LogP contribution in [0.3, 0.4) is 0 Å². The third-order valence-electron chi connectivity index (χ3n) is 2.31. The standard InChI is InChI=1S/C13H13N3OS/c1-17-11-5-3-10(4-6-11)16-13(18)9-12-14-7-2-8-15-12/h2-8H,9H2,1H3,(H,16,18). The number of hydrogen-bond acceptors (Lipinski definition) is 4. The van der Waals surface area contributed by atoms with E-state index in [1.54, 1.807) is 25.6 Å². The first kappa shape index (κ1) is 12.4. The molecule has 4 nitrogen and oxygen atoms in total. The van der Waals surface area contributed by atoms with Crippen molar-refractivity contribution in [3.63, 3.8) is 0 Å². The Morgan fingerprint density at radius 2 is 1.89 bits per heavy atom. The molecule has 2 aromatic rings. The number of rotatable bonds is 4. The minimum atomic E-state index is 0.530. The van der Waals surface area contributed by atoms with Gasteiger partial charge in [0.05, 0.1) is 18.5 Å². The number of ether oxygens (including phenoxy) is 1. The Labute approximate surface area is 111 Å². The molecule has 0 aliphatic carbocycles. The molecule has 0 spiro atoms. The predicted octanol–water partition coefficient (Wildman–Crippen LogP) is 2.47. The SMILES string of the molecule is COc1ccc(NC(=S)Cc2ncccn2)cc1. The van der Waals surface area contributed by atoms with Crippen molar-refractivity contribution in [3.05, 3.63) is 48.5 Å². The van der Waals surface area contributed by atoms with Gasteiger partial charge in [0, 0.05) is 18.1 Å². The fourth-order valence-corrected chi connectivity index (χ4v) is 1.69. The number of benzene rings is 1. The lowest BCUT2D eigenvalue weighted by Gasteiger charge is -2.07. The second-order valence-electron chi connectivity index (χ2n) is 3.62. The van der Waals surface area contributed by atoms with Gasteiger partial charge in [0.25, 0.3) is 0 Å². The summed E-state index contributed by atoms with van der Waals surface area (Å²) in [4.78, 5) is 8.94. The van der Waals surface area contributed by atoms with Crippen LogP contribution in [-0.4, -0.2) is 22.1 Å². The summed E-state index contributed by atoms with van der Waals surface area (Å²) in [7, 11) is 1.64. The summed E-state index contributed by atoms with van der Waals surface area (Å²) < 4.78 is 5.09. The van der Waals surface area contributed by atoms with Gasteiger partial charge in [0.1, 0.15) is 11.6 Å². The van der Waals surface area contributed by atoms with Crippen LogP contribution in [-0.2, 0) is 6.42 Å². The van der Waals surface area contributed by atoms with Crippen molar-refractivity contribution in [2.24, 2.45) is 0 Å². The third kappa shape index (κ3) is 3.49. The summed E-state index contributed by atoms with van der Waals surface area (Å²) in [5.41, 5.74) is 0.928. The molecule has 2 rings (SSSR count). The predicted molar refractivity (Wildman–Crippen MR) is 75.0 cm³/mol. The summed E-state index contributed by atoms with van der Waals surface area (Å²) in [6.07, 6.45) is 3.94. The maximum atomic E-state index is 5.26. The molecule has 1 aromatic carbocycles. The van der Waals surface area contributed by atoms with Gasteiger partial charge >= 0.3 is 0 Å². The van der Waals surface area contributed by atoms with Crippen molar-refractivity contribution in [2.75, 3.05) is 12.4 Å². The molecule has 1 N–H and O–H groups in total. The molecule has 92 valence electrons. The smallest absolute Gasteiger partial charge is 0.134 e. The van der Waals surface area contributed by atoms with Crippen LogP contribution in [0.4, 0.5) is 5.69 Å². The van der Waals surface area contributed by atoms with E-state index in [-0.39, 0.29) is 0 Å². The van der Waals surface area contributed by atoms with Crippen molar-refractivity contribution in [3.8, 4) is 5.75 Å². The molecule has 0 fully saturated rings. The van der Waals surface area contributed by atoms with Crippen LogP contribution in [0, 0.1) is 0 Å². The van der Waals surface area contributed by atoms with E-state index in [1.165, 1.54) is 0 Å². The Morgan fingerprint density at radius 1 is 1.22 bits per heavy atom. The van der Waals surface area contributed by atoms with Crippen LogP contribution in [0.2, 0.25) is 0 Å². The van der Waals surface area contributed by atoms with Crippen molar-refractivity contribution < 1.29 is 4.74 Å². The number of nitrogens with zero attached hydrogens (tertiary/aromatic N) is 2. The molecule has 0 aliphatic rings. The van der Waals surface area contributed by atoms with Crippen LogP contribution >= 0.6 is 12.2 Å². The molecule has 0 bridgehead atoms.